The summed E-state index contributed by atoms with van der Waals surface area (Å²) < 4.78 is 0. The Morgan fingerprint density at radius 3 is 2.77 bits per heavy atom. The number of nitrogens with one attached hydrogen (secondary N) is 2. The molecule has 0 radical (unpaired) electrons. The summed E-state index contributed by atoms with van der Waals surface area (Å²) in [6.07, 6.45) is 2.92. The van der Waals surface area contributed by atoms with Crippen molar-refractivity contribution in [2.24, 2.45) is 11.8 Å². The van der Waals surface area contributed by atoms with Crippen LogP contribution in [0.5, 0.6) is 0 Å². The third-order valence-electron chi connectivity index (χ3n) is 4.10. The van der Waals surface area contributed by atoms with Gasteiger partial charge in [0.25, 0.3) is 0 Å². The average Bonchev–Trinajstić information content (AvgIpc) is 3.25. The Morgan fingerprint density at radius 1 is 1.32 bits per heavy atom. The average molecular weight is 301 g/mol. The van der Waals surface area contributed by atoms with Gasteiger partial charge in [-0.25, -0.2) is 4.79 Å². The highest BCUT2D eigenvalue weighted by Gasteiger charge is 2.36. The first-order valence-electron chi connectivity index (χ1n) is 8.03. The van der Waals surface area contributed by atoms with E-state index in [1.54, 1.807) is 0 Å². The van der Waals surface area contributed by atoms with Gasteiger partial charge in [0.05, 0.1) is 0 Å². The monoisotopic (exact) mass is 301 g/mol. The topological polar surface area (TPSA) is 61.4 Å². The zero-order valence-corrected chi connectivity index (χ0v) is 13.2. The molecule has 0 unspecified atom stereocenters. The zero-order valence-electron chi connectivity index (χ0n) is 13.2. The van der Waals surface area contributed by atoms with Crippen molar-refractivity contribution in [3.63, 3.8) is 0 Å². The fraction of sp³-hybridized carbons (Fsp3) is 0.529. The summed E-state index contributed by atoms with van der Waals surface area (Å²) >= 11 is 0. The van der Waals surface area contributed by atoms with E-state index in [4.69, 9.17) is 0 Å². The van der Waals surface area contributed by atoms with Crippen LogP contribution in [0.2, 0.25) is 0 Å². The molecule has 22 heavy (non-hydrogen) atoms. The molecule has 5 nitrogen and oxygen atoms in total. The number of amides is 3. The van der Waals surface area contributed by atoms with E-state index in [1.807, 2.05) is 23.1 Å². The fourth-order valence-corrected chi connectivity index (χ4v) is 2.71. The fourth-order valence-electron chi connectivity index (χ4n) is 2.71. The van der Waals surface area contributed by atoms with Crippen molar-refractivity contribution in [1.29, 1.82) is 0 Å². The highest BCUT2D eigenvalue weighted by Crippen LogP contribution is 2.37. The summed E-state index contributed by atoms with van der Waals surface area (Å²) in [5, 5.41) is 5.67. The molecule has 1 saturated carbocycles. The molecule has 1 aromatic rings. The second-order valence-electron chi connectivity index (χ2n) is 6.59. The summed E-state index contributed by atoms with van der Waals surface area (Å²) in [4.78, 5) is 26.0. The quantitative estimate of drug-likeness (QED) is 0.898. The molecule has 1 heterocycles. The van der Waals surface area contributed by atoms with E-state index in [-0.39, 0.29) is 17.9 Å². The van der Waals surface area contributed by atoms with Gasteiger partial charge in [-0.15, -0.1) is 0 Å². The number of carbonyl (C=O) groups excluding carboxylic acids is 2. The van der Waals surface area contributed by atoms with Crippen molar-refractivity contribution in [3.05, 3.63) is 23.8 Å². The third kappa shape index (κ3) is 3.24. The highest BCUT2D eigenvalue weighted by atomic mass is 16.2. The molecule has 1 aliphatic heterocycles. The molecule has 1 fully saturated rings. The van der Waals surface area contributed by atoms with Gasteiger partial charge in [-0.05, 0) is 42.9 Å². The summed E-state index contributed by atoms with van der Waals surface area (Å²) in [6.45, 7) is 5.50. The van der Waals surface area contributed by atoms with Gasteiger partial charge >= 0.3 is 6.03 Å². The van der Waals surface area contributed by atoms with Crippen molar-refractivity contribution in [2.75, 3.05) is 23.3 Å². The first-order valence-corrected chi connectivity index (χ1v) is 8.03. The lowest BCUT2D eigenvalue weighted by Crippen LogP contribution is -2.32. The van der Waals surface area contributed by atoms with E-state index in [1.165, 1.54) is 5.56 Å². The van der Waals surface area contributed by atoms with Crippen LogP contribution in [-0.2, 0) is 11.2 Å². The summed E-state index contributed by atoms with van der Waals surface area (Å²) in [5.74, 6) is 0.870. The summed E-state index contributed by atoms with van der Waals surface area (Å²) in [7, 11) is 0. The number of rotatable bonds is 4. The maximum absolute atomic E-state index is 12.3. The van der Waals surface area contributed by atoms with Crippen molar-refractivity contribution < 1.29 is 9.59 Å². The van der Waals surface area contributed by atoms with E-state index in [0.717, 1.165) is 37.2 Å². The molecule has 2 N–H and O–H groups in total. The molecule has 3 rings (SSSR count). The van der Waals surface area contributed by atoms with Gasteiger partial charge in [0.2, 0.25) is 5.91 Å². The van der Waals surface area contributed by atoms with Gasteiger partial charge < -0.3 is 15.5 Å². The molecule has 0 bridgehead atoms. The van der Waals surface area contributed by atoms with Gasteiger partial charge in [0.1, 0.15) is 0 Å². The Morgan fingerprint density at radius 2 is 2.09 bits per heavy atom. The standard InChI is InChI=1S/C17H23N3O2/c1-11(2)10-18-17(22)19-14-6-5-12-7-8-20(15(12)9-14)16(21)13-3-4-13/h5-6,9,11,13H,3-4,7-8,10H2,1-2H3,(H2,18,19,22). The Balaban J connectivity index is 1.68. The number of fused-ring (bicyclic) bond motifs is 1. The second kappa shape index (κ2) is 5.99. The van der Waals surface area contributed by atoms with Crippen molar-refractivity contribution in [3.8, 4) is 0 Å². The smallest absolute Gasteiger partial charge is 0.319 e. The molecule has 0 atom stereocenters. The number of anilines is 2. The van der Waals surface area contributed by atoms with Crippen molar-refractivity contribution in [2.45, 2.75) is 33.1 Å². The molecule has 0 saturated heterocycles. The Hall–Kier alpha value is -2.04. The number of hydrogen-bond donors (Lipinski definition) is 2. The van der Waals surface area contributed by atoms with Gasteiger partial charge in [0, 0.05) is 30.4 Å². The molecular formula is C17H23N3O2. The van der Waals surface area contributed by atoms with E-state index in [0.29, 0.717) is 12.5 Å². The van der Waals surface area contributed by atoms with E-state index >= 15 is 0 Å². The molecule has 2 aliphatic rings. The number of urea groups is 1. The van der Waals surface area contributed by atoms with Gasteiger partial charge in [-0.3, -0.25) is 4.79 Å². The van der Waals surface area contributed by atoms with Crippen LogP contribution in [0.4, 0.5) is 16.2 Å². The maximum atomic E-state index is 12.3. The Labute approximate surface area is 131 Å². The minimum atomic E-state index is -0.202. The summed E-state index contributed by atoms with van der Waals surface area (Å²) in [5.41, 5.74) is 2.87. The van der Waals surface area contributed by atoms with Gasteiger partial charge in [0.15, 0.2) is 0 Å². The zero-order chi connectivity index (χ0) is 15.7. The van der Waals surface area contributed by atoms with E-state index in [9.17, 15) is 9.59 Å². The molecule has 118 valence electrons. The Kier molecular flexibility index (Phi) is 4.05. The molecule has 0 spiro atoms. The van der Waals surface area contributed by atoms with Gasteiger partial charge in [-0.1, -0.05) is 19.9 Å². The minimum Gasteiger partial charge on any atom is -0.338 e. The first-order chi connectivity index (χ1) is 10.5. The van der Waals surface area contributed by atoms with Crippen LogP contribution in [0.15, 0.2) is 18.2 Å². The molecular weight excluding hydrogens is 278 g/mol. The minimum absolute atomic E-state index is 0.202. The van der Waals surface area contributed by atoms with Crippen LogP contribution in [0, 0.1) is 11.8 Å². The van der Waals surface area contributed by atoms with Gasteiger partial charge in [-0.2, -0.15) is 0 Å². The largest absolute Gasteiger partial charge is 0.338 e. The molecule has 5 heteroatoms. The predicted octanol–water partition coefficient (Wildman–Crippen LogP) is 2.76. The number of hydrogen-bond acceptors (Lipinski definition) is 2. The van der Waals surface area contributed by atoms with Crippen LogP contribution in [0.3, 0.4) is 0 Å². The molecule has 0 aromatic heterocycles. The Bertz CT molecular complexity index is 594. The van der Waals surface area contributed by atoms with Crippen molar-refractivity contribution in [1.82, 2.24) is 5.32 Å². The normalized spacial score (nSPS) is 16.6. The third-order valence-corrected chi connectivity index (χ3v) is 4.10. The lowest BCUT2D eigenvalue weighted by atomic mass is 10.1. The molecule has 1 aromatic carbocycles. The lowest BCUT2D eigenvalue weighted by molar-refractivity contribution is -0.119. The summed E-state index contributed by atoms with van der Waals surface area (Å²) in [6, 6.07) is 5.62. The van der Waals surface area contributed by atoms with Crippen LogP contribution in [0.25, 0.3) is 0 Å². The van der Waals surface area contributed by atoms with Crippen LogP contribution >= 0.6 is 0 Å². The maximum Gasteiger partial charge on any atom is 0.319 e. The highest BCUT2D eigenvalue weighted by molar-refractivity contribution is 5.99. The predicted molar refractivity (Wildman–Crippen MR) is 87.1 cm³/mol. The van der Waals surface area contributed by atoms with Crippen LogP contribution in [-0.4, -0.2) is 25.0 Å². The molecule has 1 aliphatic carbocycles. The van der Waals surface area contributed by atoms with Crippen LogP contribution < -0.4 is 15.5 Å². The van der Waals surface area contributed by atoms with Crippen LogP contribution in [0.1, 0.15) is 32.3 Å². The number of nitrogens with zero attached hydrogens (tertiary/aromatic N) is 1. The van der Waals surface area contributed by atoms with E-state index < -0.39 is 0 Å². The number of carbonyl (C=O) groups is 2. The molecule has 3 amide bonds. The second-order valence-corrected chi connectivity index (χ2v) is 6.59. The van der Waals surface area contributed by atoms with E-state index in [2.05, 4.69) is 24.5 Å². The van der Waals surface area contributed by atoms with Crippen molar-refractivity contribution >= 4 is 23.3 Å². The lowest BCUT2D eigenvalue weighted by Gasteiger charge is -2.18. The SMILES string of the molecule is CC(C)CNC(=O)Nc1ccc2c(c1)N(C(=O)C1CC1)CC2. The number of benzene rings is 1. The first kappa shape index (κ1) is 14.9.